The maximum absolute atomic E-state index is 13.7. The Labute approximate surface area is 121 Å². The van der Waals surface area contributed by atoms with Gasteiger partial charge in [0.05, 0.1) is 24.5 Å². The number of nitrogen functional groups attached to an aromatic ring is 1. The Morgan fingerprint density at radius 2 is 2.25 bits per heavy atom. The number of aromatic nitrogens is 1. The van der Waals surface area contributed by atoms with E-state index in [0.717, 1.165) is 17.1 Å². The number of nitrogens with one attached hydrogen (secondary N) is 1. The van der Waals surface area contributed by atoms with Gasteiger partial charge in [0.15, 0.2) is 11.6 Å². The molecule has 0 saturated carbocycles. The van der Waals surface area contributed by atoms with Crippen LogP contribution in [-0.2, 0) is 6.54 Å². The van der Waals surface area contributed by atoms with Gasteiger partial charge in [-0.1, -0.05) is 6.92 Å². The predicted octanol–water partition coefficient (Wildman–Crippen LogP) is 3.57. The van der Waals surface area contributed by atoms with Gasteiger partial charge >= 0.3 is 0 Å². The van der Waals surface area contributed by atoms with Gasteiger partial charge in [0.2, 0.25) is 0 Å². The molecule has 4 nitrogen and oxygen atoms in total. The van der Waals surface area contributed by atoms with Crippen molar-refractivity contribution < 1.29 is 9.13 Å². The van der Waals surface area contributed by atoms with E-state index in [4.69, 9.17) is 10.5 Å². The number of halogens is 1. The number of anilines is 2. The summed E-state index contributed by atoms with van der Waals surface area (Å²) in [6, 6.07) is 2.88. The molecule has 0 aliphatic carbocycles. The number of thiazole rings is 1. The third kappa shape index (κ3) is 3.60. The Balaban J connectivity index is 2.09. The number of ether oxygens (including phenoxy) is 1. The summed E-state index contributed by atoms with van der Waals surface area (Å²) in [6.45, 7) is 4.95. The van der Waals surface area contributed by atoms with Crippen molar-refractivity contribution in [3.63, 3.8) is 0 Å². The molecule has 108 valence electrons. The van der Waals surface area contributed by atoms with Gasteiger partial charge in [-0.25, -0.2) is 9.37 Å². The lowest BCUT2D eigenvalue weighted by Gasteiger charge is -2.12. The Morgan fingerprint density at radius 1 is 1.45 bits per heavy atom. The van der Waals surface area contributed by atoms with E-state index < -0.39 is 5.82 Å². The van der Waals surface area contributed by atoms with Gasteiger partial charge in [0, 0.05) is 23.2 Å². The normalized spacial score (nSPS) is 10.6. The Kier molecular flexibility index (Phi) is 4.79. The Morgan fingerprint density at radius 3 is 2.90 bits per heavy atom. The zero-order valence-corrected chi connectivity index (χ0v) is 12.4. The number of benzene rings is 1. The fourth-order valence-electron chi connectivity index (χ4n) is 1.70. The smallest absolute Gasteiger partial charge is 0.167 e. The lowest BCUT2D eigenvalue weighted by molar-refractivity contribution is 0.301. The third-order valence-corrected chi connectivity index (χ3v) is 3.63. The molecule has 20 heavy (non-hydrogen) atoms. The first kappa shape index (κ1) is 14.6. The van der Waals surface area contributed by atoms with E-state index in [9.17, 15) is 4.39 Å². The quantitative estimate of drug-likeness (QED) is 0.800. The minimum Gasteiger partial charge on any atom is -0.490 e. The highest BCUT2D eigenvalue weighted by Crippen LogP contribution is 2.29. The average molecular weight is 295 g/mol. The number of nitrogens with zero attached hydrogens (tertiary/aromatic N) is 1. The zero-order valence-electron chi connectivity index (χ0n) is 11.6. The standard InChI is InChI=1S/C14H18FN3OS/c1-3-4-19-13-6-12(11(16)5-10(13)15)17-7-14-18-9(2)8-20-14/h5-6,8,17H,3-4,7,16H2,1-2H3. The first-order valence-electron chi connectivity index (χ1n) is 6.47. The van der Waals surface area contributed by atoms with Crippen LogP contribution >= 0.6 is 11.3 Å². The minimum absolute atomic E-state index is 0.221. The topological polar surface area (TPSA) is 60.2 Å². The third-order valence-electron chi connectivity index (χ3n) is 2.66. The van der Waals surface area contributed by atoms with Crippen LogP contribution in [-0.4, -0.2) is 11.6 Å². The van der Waals surface area contributed by atoms with Gasteiger partial charge in [-0.15, -0.1) is 11.3 Å². The van der Waals surface area contributed by atoms with Gasteiger partial charge in [-0.2, -0.15) is 0 Å². The second-order valence-corrected chi connectivity index (χ2v) is 5.40. The molecule has 0 atom stereocenters. The van der Waals surface area contributed by atoms with Gasteiger partial charge < -0.3 is 15.8 Å². The van der Waals surface area contributed by atoms with E-state index in [1.807, 2.05) is 19.2 Å². The van der Waals surface area contributed by atoms with Crippen molar-refractivity contribution in [2.24, 2.45) is 0 Å². The van der Waals surface area contributed by atoms with E-state index in [-0.39, 0.29) is 5.75 Å². The average Bonchev–Trinajstić information content (AvgIpc) is 2.82. The molecule has 0 spiro atoms. The van der Waals surface area contributed by atoms with Crippen molar-refractivity contribution in [1.29, 1.82) is 0 Å². The summed E-state index contributed by atoms with van der Waals surface area (Å²) < 4.78 is 19.0. The number of aryl methyl sites for hydroxylation is 1. The molecule has 3 N–H and O–H groups in total. The van der Waals surface area contributed by atoms with Crippen molar-refractivity contribution in [2.45, 2.75) is 26.8 Å². The number of rotatable bonds is 6. The Bertz CT molecular complexity index is 586. The molecule has 6 heteroatoms. The van der Waals surface area contributed by atoms with Gasteiger partial charge in [0.25, 0.3) is 0 Å². The fraction of sp³-hybridized carbons (Fsp3) is 0.357. The maximum Gasteiger partial charge on any atom is 0.167 e. The summed E-state index contributed by atoms with van der Waals surface area (Å²) >= 11 is 1.58. The molecule has 0 radical (unpaired) electrons. The molecule has 2 rings (SSSR count). The number of hydrogen-bond acceptors (Lipinski definition) is 5. The van der Waals surface area contributed by atoms with Crippen molar-refractivity contribution >= 4 is 22.7 Å². The number of nitrogens with two attached hydrogens (primary N) is 1. The highest BCUT2D eigenvalue weighted by atomic mass is 32.1. The van der Waals surface area contributed by atoms with Crippen LogP contribution in [0.3, 0.4) is 0 Å². The summed E-state index contributed by atoms with van der Waals surface area (Å²) in [4.78, 5) is 4.35. The summed E-state index contributed by atoms with van der Waals surface area (Å²) in [7, 11) is 0. The first-order chi connectivity index (χ1) is 9.60. The van der Waals surface area contributed by atoms with Gasteiger partial charge in [0.1, 0.15) is 5.01 Å². The molecule has 0 unspecified atom stereocenters. The molecule has 2 aromatic rings. The van der Waals surface area contributed by atoms with Crippen LogP contribution in [0.1, 0.15) is 24.0 Å². The van der Waals surface area contributed by atoms with Crippen LogP contribution in [0.2, 0.25) is 0 Å². The van der Waals surface area contributed by atoms with E-state index in [0.29, 0.717) is 24.5 Å². The van der Waals surface area contributed by atoms with Crippen LogP contribution in [0.15, 0.2) is 17.5 Å². The first-order valence-corrected chi connectivity index (χ1v) is 7.34. The molecule has 0 saturated heterocycles. The van der Waals surface area contributed by atoms with E-state index in [1.54, 1.807) is 17.4 Å². The SMILES string of the molecule is CCCOc1cc(NCc2nc(C)cs2)c(N)cc1F. The zero-order chi connectivity index (χ0) is 14.5. The van der Waals surface area contributed by atoms with Gasteiger partial charge in [-0.05, 0) is 13.3 Å². The molecule has 1 heterocycles. The molecule has 0 aliphatic heterocycles. The second-order valence-electron chi connectivity index (χ2n) is 4.45. The highest BCUT2D eigenvalue weighted by molar-refractivity contribution is 7.09. The predicted molar refractivity (Wildman–Crippen MR) is 80.8 cm³/mol. The molecular formula is C14H18FN3OS. The van der Waals surface area contributed by atoms with Crippen molar-refractivity contribution in [3.05, 3.63) is 34.0 Å². The van der Waals surface area contributed by atoms with Crippen LogP contribution in [0.4, 0.5) is 15.8 Å². The Hall–Kier alpha value is -1.82. The molecule has 0 bridgehead atoms. The minimum atomic E-state index is -0.438. The highest BCUT2D eigenvalue weighted by Gasteiger charge is 2.09. The summed E-state index contributed by atoms with van der Waals surface area (Å²) in [5.74, 6) is -0.217. The summed E-state index contributed by atoms with van der Waals surface area (Å²) in [5, 5.41) is 6.11. The molecule has 0 aliphatic rings. The van der Waals surface area contributed by atoms with Crippen LogP contribution in [0.25, 0.3) is 0 Å². The van der Waals surface area contributed by atoms with Gasteiger partial charge in [-0.3, -0.25) is 0 Å². The van der Waals surface area contributed by atoms with Crippen LogP contribution < -0.4 is 15.8 Å². The van der Waals surface area contributed by atoms with Crippen molar-refractivity contribution in [1.82, 2.24) is 4.98 Å². The monoisotopic (exact) mass is 295 g/mol. The molecular weight excluding hydrogens is 277 g/mol. The maximum atomic E-state index is 13.7. The molecule has 1 aromatic heterocycles. The summed E-state index contributed by atoms with van der Waals surface area (Å²) in [5.41, 5.74) is 7.82. The van der Waals surface area contributed by atoms with E-state index in [1.165, 1.54) is 6.07 Å². The summed E-state index contributed by atoms with van der Waals surface area (Å²) in [6.07, 6.45) is 0.824. The second kappa shape index (κ2) is 6.56. The number of hydrogen-bond donors (Lipinski definition) is 2. The lowest BCUT2D eigenvalue weighted by atomic mass is 10.2. The molecule has 1 aromatic carbocycles. The van der Waals surface area contributed by atoms with Crippen LogP contribution in [0, 0.1) is 12.7 Å². The van der Waals surface area contributed by atoms with Crippen molar-refractivity contribution in [3.8, 4) is 5.75 Å². The van der Waals surface area contributed by atoms with Crippen LogP contribution in [0.5, 0.6) is 5.75 Å². The van der Waals surface area contributed by atoms with E-state index in [2.05, 4.69) is 10.3 Å². The molecule has 0 amide bonds. The van der Waals surface area contributed by atoms with Crippen molar-refractivity contribution in [2.75, 3.05) is 17.7 Å². The van der Waals surface area contributed by atoms with E-state index >= 15 is 0 Å². The fourth-order valence-corrected chi connectivity index (χ4v) is 2.41. The lowest BCUT2D eigenvalue weighted by Crippen LogP contribution is -2.05. The largest absolute Gasteiger partial charge is 0.490 e. The molecule has 0 fully saturated rings.